The van der Waals surface area contributed by atoms with Crippen LogP contribution in [0.1, 0.15) is 28.9 Å². The molecule has 0 saturated heterocycles. The quantitative estimate of drug-likeness (QED) is 0.813. The topological polar surface area (TPSA) is 55.1 Å². The predicted octanol–water partition coefficient (Wildman–Crippen LogP) is 4.18. The van der Waals surface area contributed by atoms with Gasteiger partial charge in [-0.25, -0.2) is 0 Å². The van der Waals surface area contributed by atoms with Gasteiger partial charge in [-0.15, -0.1) is 0 Å². The summed E-state index contributed by atoms with van der Waals surface area (Å²) in [5.41, 5.74) is 7.58. The highest BCUT2D eigenvalue weighted by molar-refractivity contribution is 9.10. The second-order valence-electron chi connectivity index (χ2n) is 4.45. The first-order chi connectivity index (χ1) is 9.49. The Labute approximate surface area is 131 Å². The van der Waals surface area contributed by atoms with Crippen molar-refractivity contribution in [2.45, 2.75) is 13.0 Å². The summed E-state index contributed by atoms with van der Waals surface area (Å²) in [5, 5.41) is 3.52. The maximum Gasteiger partial charge on any atom is 0.253 e. The molecule has 5 heteroatoms. The van der Waals surface area contributed by atoms with Crippen LogP contribution in [-0.2, 0) is 0 Å². The Morgan fingerprint density at radius 3 is 2.70 bits per heavy atom. The molecule has 3 N–H and O–H groups in total. The summed E-state index contributed by atoms with van der Waals surface area (Å²) < 4.78 is 0.808. The Bertz CT molecular complexity index is 646. The number of rotatable bonds is 3. The van der Waals surface area contributed by atoms with Gasteiger partial charge in [-0.2, -0.15) is 0 Å². The number of halogens is 2. The van der Waals surface area contributed by atoms with Crippen LogP contribution < -0.4 is 11.1 Å². The van der Waals surface area contributed by atoms with E-state index in [4.69, 9.17) is 17.3 Å². The van der Waals surface area contributed by atoms with Gasteiger partial charge in [0.25, 0.3) is 5.91 Å². The number of carbonyl (C=O) groups excluding carboxylic acids is 1. The van der Waals surface area contributed by atoms with E-state index in [1.165, 1.54) is 0 Å². The van der Waals surface area contributed by atoms with Crippen LogP contribution in [0.2, 0.25) is 5.02 Å². The molecule has 0 radical (unpaired) electrons. The fraction of sp³-hybridized carbons (Fsp3) is 0.133. The molecule has 20 heavy (non-hydrogen) atoms. The van der Waals surface area contributed by atoms with Crippen molar-refractivity contribution < 1.29 is 4.79 Å². The minimum absolute atomic E-state index is 0.199. The van der Waals surface area contributed by atoms with Crippen molar-refractivity contribution in [1.82, 2.24) is 5.32 Å². The maximum atomic E-state index is 12.3. The summed E-state index contributed by atoms with van der Waals surface area (Å²) in [4.78, 5) is 12.3. The van der Waals surface area contributed by atoms with Gasteiger partial charge in [0.15, 0.2) is 0 Å². The smallest absolute Gasteiger partial charge is 0.253 e. The standard InChI is InChI=1S/C15H14BrClN2O/c1-9(11-4-2-3-5-13(11)17)19-15(20)12-8-10(16)6-7-14(12)18/h2-9H,18H2,1H3,(H,19,20)/t9-/m0/s1. The molecule has 0 aliphatic heterocycles. The Kier molecular flexibility index (Phi) is 4.68. The molecule has 104 valence electrons. The van der Waals surface area contributed by atoms with Crippen LogP contribution in [0.25, 0.3) is 0 Å². The number of anilines is 1. The lowest BCUT2D eigenvalue weighted by Gasteiger charge is -2.16. The first kappa shape index (κ1) is 14.9. The van der Waals surface area contributed by atoms with Crippen molar-refractivity contribution in [1.29, 1.82) is 0 Å². The maximum absolute atomic E-state index is 12.3. The minimum Gasteiger partial charge on any atom is -0.398 e. The lowest BCUT2D eigenvalue weighted by molar-refractivity contribution is 0.0941. The van der Waals surface area contributed by atoms with Gasteiger partial charge < -0.3 is 11.1 Å². The normalized spacial score (nSPS) is 11.9. The van der Waals surface area contributed by atoms with E-state index in [9.17, 15) is 4.79 Å². The Balaban J connectivity index is 2.20. The molecule has 2 aromatic carbocycles. The van der Waals surface area contributed by atoms with Crippen molar-refractivity contribution in [3.63, 3.8) is 0 Å². The second kappa shape index (κ2) is 6.29. The lowest BCUT2D eigenvalue weighted by atomic mass is 10.1. The molecule has 0 bridgehead atoms. The van der Waals surface area contributed by atoms with Gasteiger partial charge in [-0.05, 0) is 36.8 Å². The monoisotopic (exact) mass is 352 g/mol. The van der Waals surface area contributed by atoms with Gasteiger partial charge in [0.2, 0.25) is 0 Å². The van der Waals surface area contributed by atoms with E-state index in [1.807, 2.05) is 25.1 Å². The highest BCUT2D eigenvalue weighted by Crippen LogP contribution is 2.24. The Hall–Kier alpha value is -1.52. The number of carbonyl (C=O) groups is 1. The summed E-state index contributed by atoms with van der Waals surface area (Å²) in [5.74, 6) is -0.226. The predicted molar refractivity (Wildman–Crippen MR) is 85.9 cm³/mol. The third kappa shape index (κ3) is 3.32. The zero-order chi connectivity index (χ0) is 14.7. The van der Waals surface area contributed by atoms with Crippen molar-refractivity contribution in [3.8, 4) is 0 Å². The summed E-state index contributed by atoms with van der Waals surface area (Å²) in [6.07, 6.45) is 0. The Morgan fingerprint density at radius 1 is 1.30 bits per heavy atom. The number of hydrogen-bond acceptors (Lipinski definition) is 2. The number of nitrogens with two attached hydrogens (primary N) is 1. The molecule has 0 spiro atoms. The van der Waals surface area contributed by atoms with E-state index in [0.717, 1.165) is 10.0 Å². The van der Waals surface area contributed by atoms with E-state index < -0.39 is 0 Å². The molecule has 0 saturated carbocycles. The van der Waals surface area contributed by atoms with E-state index in [-0.39, 0.29) is 11.9 Å². The number of nitrogen functional groups attached to an aromatic ring is 1. The molecule has 1 atom stereocenters. The van der Waals surface area contributed by atoms with Crippen molar-refractivity contribution in [2.24, 2.45) is 0 Å². The average Bonchev–Trinajstić information content (AvgIpc) is 2.41. The average molecular weight is 354 g/mol. The van der Waals surface area contributed by atoms with E-state index >= 15 is 0 Å². The van der Waals surface area contributed by atoms with Gasteiger partial charge in [0.05, 0.1) is 11.6 Å². The van der Waals surface area contributed by atoms with Crippen molar-refractivity contribution in [2.75, 3.05) is 5.73 Å². The minimum atomic E-state index is -0.226. The molecule has 0 aromatic heterocycles. The fourth-order valence-electron chi connectivity index (χ4n) is 1.90. The van der Waals surface area contributed by atoms with Crippen LogP contribution in [0.4, 0.5) is 5.69 Å². The number of hydrogen-bond donors (Lipinski definition) is 2. The third-order valence-electron chi connectivity index (χ3n) is 2.98. The molecule has 0 unspecified atom stereocenters. The molecule has 0 aliphatic rings. The number of benzene rings is 2. The van der Waals surface area contributed by atoms with Crippen LogP contribution in [-0.4, -0.2) is 5.91 Å². The Morgan fingerprint density at radius 2 is 2.00 bits per heavy atom. The van der Waals surface area contributed by atoms with Gasteiger partial charge in [0, 0.05) is 15.2 Å². The highest BCUT2D eigenvalue weighted by Gasteiger charge is 2.15. The number of amides is 1. The van der Waals surface area contributed by atoms with Gasteiger partial charge >= 0.3 is 0 Å². The molecular formula is C15H14BrClN2O. The summed E-state index contributed by atoms with van der Waals surface area (Å²) >= 11 is 9.45. The first-order valence-corrected chi connectivity index (χ1v) is 7.26. The van der Waals surface area contributed by atoms with Gasteiger partial charge in [-0.3, -0.25) is 4.79 Å². The fourth-order valence-corrected chi connectivity index (χ4v) is 2.56. The zero-order valence-corrected chi connectivity index (χ0v) is 13.2. The van der Waals surface area contributed by atoms with Crippen LogP contribution in [0.3, 0.4) is 0 Å². The van der Waals surface area contributed by atoms with Crippen LogP contribution >= 0.6 is 27.5 Å². The van der Waals surface area contributed by atoms with E-state index in [1.54, 1.807) is 24.3 Å². The molecular weight excluding hydrogens is 340 g/mol. The molecule has 1 amide bonds. The van der Waals surface area contributed by atoms with E-state index in [2.05, 4.69) is 21.2 Å². The molecule has 0 fully saturated rings. The molecule has 3 nitrogen and oxygen atoms in total. The zero-order valence-electron chi connectivity index (χ0n) is 10.9. The van der Waals surface area contributed by atoms with Crippen LogP contribution in [0.15, 0.2) is 46.9 Å². The molecule has 0 heterocycles. The molecule has 2 rings (SSSR count). The summed E-state index contributed by atoms with van der Waals surface area (Å²) in [6.45, 7) is 1.88. The molecule has 2 aromatic rings. The SMILES string of the molecule is C[C@H](NC(=O)c1cc(Br)ccc1N)c1ccccc1Cl. The summed E-state index contributed by atoms with van der Waals surface area (Å²) in [6, 6.07) is 12.4. The van der Waals surface area contributed by atoms with Gasteiger partial charge in [-0.1, -0.05) is 45.7 Å². The third-order valence-corrected chi connectivity index (χ3v) is 3.82. The van der Waals surface area contributed by atoms with Crippen LogP contribution in [0, 0.1) is 0 Å². The molecule has 0 aliphatic carbocycles. The van der Waals surface area contributed by atoms with Crippen molar-refractivity contribution in [3.05, 3.63) is 63.1 Å². The number of nitrogens with one attached hydrogen (secondary N) is 1. The highest BCUT2D eigenvalue weighted by atomic mass is 79.9. The van der Waals surface area contributed by atoms with E-state index in [0.29, 0.717) is 16.3 Å². The first-order valence-electron chi connectivity index (χ1n) is 6.09. The van der Waals surface area contributed by atoms with Crippen LogP contribution in [0.5, 0.6) is 0 Å². The van der Waals surface area contributed by atoms with Gasteiger partial charge in [0.1, 0.15) is 0 Å². The second-order valence-corrected chi connectivity index (χ2v) is 5.77. The largest absolute Gasteiger partial charge is 0.398 e. The summed E-state index contributed by atoms with van der Waals surface area (Å²) in [7, 11) is 0. The van der Waals surface area contributed by atoms with Crippen molar-refractivity contribution >= 4 is 39.1 Å². The lowest BCUT2D eigenvalue weighted by Crippen LogP contribution is -2.27.